The van der Waals surface area contributed by atoms with Gasteiger partial charge in [0.25, 0.3) is 0 Å². The minimum atomic E-state index is -3.28. The molecule has 0 saturated carbocycles. The molecule has 0 aliphatic carbocycles. The van der Waals surface area contributed by atoms with Crippen LogP contribution in [0.3, 0.4) is 0 Å². The zero-order valence-corrected chi connectivity index (χ0v) is 15.9. The molecule has 6 heteroatoms. The Bertz CT molecular complexity index is 672. The first kappa shape index (κ1) is 18.8. The summed E-state index contributed by atoms with van der Waals surface area (Å²) in [6.07, 6.45) is 5.24. The van der Waals surface area contributed by atoms with Crippen LogP contribution in [0.5, 0.6) is 0 Å². The smallest absolute Gasteiger partial charge is 0.179 e. The first-order chi connectivity index (χ1) is 11.9. The van der Waals surface area contributed by atoms with Gasteiger partial charge >= 0.3 is 0 Å². The van der Waals surface area contributed by atoms with Crippen LogP contribution in [0.1, 0.15) is 37.7 Å². The number of rotatable bonds is 6. The summed E-state index contributed by atoms with van der Waals surface area (Å²) < 4.78 is 24.8. The summed E-state index contributed by atoms with van der Waals surface area (Å²) in [6, 6.07) is 7.19. The van der Waals surface area contributed by atoms with Crippen LogP contribution in [-0.4, -0.2) is 62.0 Å². The fourth-order valence-electron chi connectivity index (χ4n) is 4.20. The lowest BCUT2D eigenvalue weighted by Gasteiger charge is -2.49. The van der Waals surface area contributed by atoms with E-state index in [2.05, 4.69) is 10.2 Å². The van der Waals surface area contributed by atoms with Crippen molar-refractivity contribution < 1.29 is 13.5 Å². The van der Waals surface area contributed by atoms with E-state index in [9.17, 15) is 13.5 Å². The number of fused-ring (bicyclic) bond motifs is 1. The highest BCUT2D eigenvalue weighted by Gasteiger charge is 2.43. The second-order valence-corrected chi connectivity index (χ2v) is 9.67. The van der Waals surface area contributed by atoms with E-state index < -0.39 is 15.4 Å². The maximum Gasteiger partial charge on any atom is 0.179 e. The molecule has 1 aromatic rings. The van der Waals surface area contributed by atoms with E-state index >= 15 is 0 Å². The van der Waals surface area contributed by atoms with Crippen LogP contribution in [0, 0.1) is 6.92 Å². The van der Waals surface area contributed by atoms with E-state index in [-0.39, 0.29) is 11.8 Å². The Labute approximate surface area is 151 Å². The molecule has 140 valence electrons. The van der Waals surface area contributed by atoms with E-state index in [0.717, 1.165) is 37.9 Å². The number of nitrogens with one attached hydrogen (secondary N) is 1. The lowest BCUT2D eigenvalue weighted by atomic mass is 9.79. The molecular weight excluding hydrogens is 336 g/mol. The van der Waals surface area contributed by atoms with Crippen LogP contribution in [-0.2, 0) is 9.84 Å². The van der Waals surface area contributed by atoms with Crippen molar-refractivity contribution >= 4 is 9.84 Å². The monoisotopic (exact) mass is 366 g/mol. The van der Waals surface area contributed by atoms with Crippen LogP contribution in [0.15, 0.2) is 29.2 Å². The predicted molar refractivity (Wildman–Crippen MR) is 99.5 cm³/mol. The third-order valence-corrected chi connectivity index (χ3v) is 7.38. The average Bonchev–Trinajstić information content (AvgIpc) is 2.60. The topological polar surface area (TPSA) is 69.6 Å². The van der Waals surface area contributed by atoms with Gasteiger partial charge in [0, 0.05) is 19.1 Å². The van der Waals surface area contributed by atoms with Gasteiger partial charge in [0.15, 0.2) is 9.84 Å². The summed E-state index contributed by atoms with van der Waals surface area (Å²) in [6.45, 7) is 4.93. The molecule has 3 rings (SSSR count). The highest BCUT2D eigenvalue weighted by Crippen LogP contribution is 2.33. The third-order valence-electron chi connectivity index (χ3n) is 5.65. The zero-order chi connectivity index (χ0) is 17.9. The lowest BCUT2D eigenvalue weighted by molar-refractivity contribution is -0.0915. The van der Waals surface area contributed by atoms with Crippen molar-refractivity contribution in [2.45, 2.75) is 55.6 Å². The number of benzene rings is 1. The van der Waals surface area contributed by atoms with E-state index in [1.165, 1.54) is 12.8 Å². The van der Waals surface area contributed by atoms with Gasteiger partial charge in [-0.05, 0) is 57.8 Å². The number of nitrogens with zero attached hydrogens (tertiary/aromatic N) is 1. The van der Waals surface area contributed by atoms with Crippen LogP contribution < -0.4 is 5.32 Å². The summed E-state index contributed by atoms with van der Waals surface area (Å²) in [5.74, 6) is 0.0561. The summed E-state index contributed by atoms with van der Waals surface area (Å²) >= 11 is 0. The Morgan fingerprint density at radius 3 is 2.68 bits per heavy atom. The van der Waals surface area contributed by atoms with Gasteiger partial charge in [-0.2, -0.15) is 0 Å². The standard InChI is InChI=1S/C19H30N2O3S/c1-16-6-8-17(9-7-16)25(23,24)14-11-20-15-19(22)10-4-13-21-12-3-2-5-18(19)21/h6-9,18,20,22H,2-5,10-15H2,1H3/t18-,19-/m1/s1. The molecule has 2 saturated heterocycles. The van der Waals surface area contributed by atoms with Gasteiger partial charge in [-0.1, -0.05) is 24.1 Å². The fraction of sp³-hybridized carbons (Fsp3) is 0.684. The molecule has 25 heavy (non-hydrogen) atoms. The average molecular weight is 367 g/mol. The van der Waals surface area contributed by atoms with Gasteiger partial charge in [-0.15, -0.1) is 0 Å². The highest BCUT2D eigenvalue weighted by molar-refractivity contribution is 7.91. The summed E-state index contributed by atoms with van der Waals surface area (Å²) in [5.41, 5.74) is 0.320. The molecule has 0 bridgehead atoms. The van der Waals surface area contributed by atoms with Crippen molar-refractivity contribution in [3.63, 3.8) is 0 Å². The van der Waals surface area contributed by atoms with Crippen molar-refractivity contribution in [3.8, 4) is 0 Å². The maximum atomic E-state index is 12.4. The Morgan fingerprint density at radius 2 is 1.92 bits per heavy atom. The van der Waals surface area contributed by atoms with E-state index in [4.69, 9.17) is 0 Å². The second kappa shape index (κ2) is 7.74. The fourth-order valence-corrected chi connectivity index (χ4v) is 5.40. The van der Waals surface area contributed by atoms with Crippen LogP contribution in [0.4, 0.5) is 0 Å². The van der Waals surface area contributed by atoms with Crippen molar-refractivity contribution in [1.29, 1.82) is 0 Å². The molecule has 2 atom stereocenters. The Kier molecular flexibility index (Phi) is 5.83. The minimum Gasteiger partial charge on any atom is -0.387 e. The summed E-state index contributed by atoms with van der Waals surface area (Å²) in [4.78, 5) is 2.78. The Balaban J connectivity index is 1.52. The summed E-state index contributed by atoms with van der Waals surface area (Å²) in [5, 5.41) is 14.3. The predicted octanol–water partition coefficient (Wildman–Crippen LogP) is 1.74. The molecular formula is C19H30N2O3S. The van der Waals surface area contributed by atoms with Gasteiger partial charge < -0.3 is 10.4 Å². The molecule has 0 spiro atoms. The molecule has 1 aromatic carbocycles. The van der Waals surface area contributed by atoms with Gasteiger partial charge in [-0.3, -0.25) is 4.90 Å². The van der Waals surface area contributed by atoms with E-state index in [0.29, 0.717) is 18.0 Å². The molecule has 2 aliphatic rings. The van der Waals surface area contributed by atoms with Gasteiger partial charge in [0.05, 0.1) is 16.2 Å². The molecule has 0 unspecified atom stereocenters. The largest absolute Gasteiger partial charge is 0.387 e. The molecule has 5 nitrogen and oxygen atoms in total. The van der Waals surface area contributed by atoms with Crippen molar-refractivity contribution in [2.75, 3.05) is 31.9 Å². The number of piperidine rings is 2. The van der Waals surface area contributed by atoms with Crippen molar-refractivity contribution in [3.05, 3.63) is 29.8 Å². The molecule has 2 aliphatic heterocycles. The third kappa shape index (κ3) is 4.42. The molecule has 0 aromatic heterocycles. The van der Waals surface area contributed by atoms with Gasteiger partial charge in [0.1, 0.15) is 0 Å². The first-order valence-electron chi connectivity index (χ1n) is 9.37. The van der Waals surface area contributed by atoms with Crippen molar-refractivity contribution in [2.24, 2.45) is 0 Å². The maximum absolute atomic E-state index is 12.4. The Morgan fingerprint density at radius 1 is 1.20 bits per heavy atom. The minimum absolute atomic E-state index is 0.0561. The number of sulfone groups is 1. The number of aliphatic hydroxyl groups is 1. The van der Waals surface area contributed by atoms with E-state index in [1.54, 1.807) is 12.1 Å². The lowest BCUT2D eigenvalue weighted by Crippen LogP contribution is -2.62. The SMILES string of the molecule is Cc1ccc(S(=O)(=O)CCNC[C@]2(O)CCCN3CCCC[C@@H]32)cc1. The van der Waals surface area contributed by atoms with E-state index in [1.807, 2.05) is 19.1 Å². The number of hydrogen-bond acceptors (Lipinski definition) is 5. The molecule has 0 amide bonds. The normalized spacial score (nSPS) is 27.8. The Hall–Kier alpha value is -0.950. The number of aryl methyl sites for hydroxylation is 1. The molecule has 2 N–H and O–H groups in total. The highest BCUT2D eigenvalue weighted by atomic mass is 32.2. The quantitative estimate of drug-likeness (QED) is 0.751. The summed E-state index contributed by atoms with van der Waals surface area (Å²) in [7, 11) is -3.28. The van der Waals surface area contributed by atoms with Crippen LogP contribution in [0.2, 0.25) is 0 Å². The van der Waals surface area contributed by atoms with Gasteiger partial charge in [-0.25, -0.2) is 8.42 Å². The van der Waals surface area contributed by atoms with Crippen molar-refractivity contribution in [1.82, 2.24) is 10.2 Å². The molecule has 2 heterocycles. The van der Waals surface area contributed by atoms with Gasteiger partial charge in [0.2, 0.25) is 0 Å². The zero-order valence-electron chi connectivity index (χ0n) is 15.1. The first-order valence-corrected chi connectivity index (χ1v) is 11.0. The second-order valence-electron chi connectivity index (χ2n) is 7.56. The number of hydrogen-bond donors (Lipinski definition) is 2. The molecule has 2 fully saturated rings. The van der Waals surface area contributed by atoms with Crippen LogP contribution >= 0.6 is 0 Å². The molecule has 0 radical (unpaired) electrons. The van der Waals surface area contributed by atoms with Crippen LogP contribution in [0.25, 0.3) is 0 Å².